The smallest absolute Gasteiger partial charge is 0.335 e. The van der Waals surface area contributed by atoms with Gasteiger partial charge in [0.1, 0.15) is 17.1 Å². The Bertz CT molecular complexity index is 1250. The van der Waals surface area contributed by atoms with E-state index in [1.165, 1.54) is 6.08 Å². The van der Waals surface area contributed by atoms with Crippen LogP contribution in [0.5, 0.6) is 11.5 Å². The molecule has 1 atom stereocenters. The predicted octanol–water partition coefficient (Wildman–Crippen LogP) is 4.87. The third-order valence-corrected chi connectivity index (χ3v) is 6.84. The summed E-state index contributed by atoms with van der Waals surface area (Å²) in [5.41, 5.74) is 2.98. The van der Waals surface area contributed by atoms with Gasteiger partial charge < -0.3 is 14.4 Å². The average molecular weight is 492 g/mol. The van der Waals surface area contributed by atoms with Crippen LogP contribution < -0.4 is 24.6 Å². The first kappa shape index (κ1) is 25.3. The normalized spacial score (nSPS) is 20.3. The molecule has 190 valence electrons. The summed E-state index contributed by atoms with van der Waals surface area (Å²) in [6.45, 7) is 11.9. The number of nitrogens with zero attached hydrogens (tertiary/aromatic N) is 2. The number of urea groups is 1. The van der Waals surface area contributed by atoms with Gasteiger partial charge in [-0.05, 0) is 69.9 Å². The van der Waals surface area contributed by atoms with Crippen molar-refractivity contribution in [2.24, 2.45) is 0 Å². The van der Waals surface area contributed by atoms with Crippen LogP contribution in [-0.2, 0) is 9.59 Å². The Hall–Kier alpha value is -3.81. The van der Waals surface area contributed by atoms with E-state index in [0.29, 0.717) is 29.4 Å². The number of carbonyl (C=O) groups excluding carboxylic acids is 3. The van der Waals surface area contributed by atoms with Gasteiger partial charge in [-0.25, -0.2) is 9.69 Å². The highest BCUT2D eigenvalue weighted by molar-refractivity contribution is 6.39. The highest BCUT2D eigenvalue weighted by Gasteiger charge is 2.39. The standard InChI is InChI=1S/C28H33N3O5/c1-7-30-23-15-24(35-6)18(12-21(23)17(3)16-28(30,4)5)13-22-25(32)29-27(34)31(26(22)33)19-10-9-11-20(14-19)36-8-2/h9-15,17H,7-8,16H2,1-6H3,(H,29,32,34)/b22-13-. The van der Waals surface area contributed by atoms with Crippen LogP contribution in [-0.4, -0.2) is 43.6 Å². The van der Waals surface area contributed by atoms with Crippen LogP contribution in [0.4, 0.5) is 16.2 Å². The van der Waals surface area contributed by atoms with Gasteiger partial charge in [0.05, 0.1) is 19.4 Å². The van der Waals surface area contributed by atoms with Gasteiger partial charge in [-0.1, -0.05) is 13.0 Å². The van der Waals surface area contributed by atoms with Crippen molar-refractivity contribution in [2.75, 3.05) is 30.1 Å². The molecule has 0 aliphatic carbocycles. The van der Waals surface area contributed by atoms with Crippen molar-refractivity contribution in [3.8, 4) is 11.5 Å². The second-order valence-corrected chi connectivity index (χ2v) is 9.70. The number of nitrogens with one attached hydrogen (secondary N) is 1. The van der Waals surface area contributed by atoms with Gasteiger partial charge in [0, 0.05) is 35.5 Å². The molecule has 2 aromatic rings. The summed E-state index contributed by atoms with van der Waals surface area (Å²) in [4.78, 5) is 42.2. The van der Waals surface area contributed by atoms with Crippen LogP contribution in [0, 0.1) is 0 Å². The van der Waals surface area contributed by atoms with Gasteiger partial charge in [0.15, 0.2) is 0 Å². The van der Waals surface area contributed by atoms with E-state index in [0.717, 1.165) is 29.1 Å². The number of amides is 4. The molecule has 1 unspecified atom stereocenters. The molecule has 0 saturated carbocycles. The minimum absolute atomic E-state index is 0.0116. The van der Waals surface area contributed by atoms with Crippen LogP contribution >= 0.6 is 0 Å². The van der Waals surface area contributed by atoms with E-state index in [-0.39, 0.29) is 17.0 Å². The lowest BCUT2D eigenvalue weighted by Crippen LogP contribution is -2.54. The summed E-state index contributed by atoms with van der Waals surface area (Å²) in [6, 6.07) is 9.80. The number of methoxy groups -OCH3 is 1. The number of carbonyl (C=O) groups is 3. The minimum atomic E-state index is -0.803. The van der Waals surface area contributed by atoms with Crippen LogP contribution in [0.25, 0.3) is 6.08 Å². The van der Waals surface area contributed by atoms with Crippen molar-refractivity contribution in [1.29, 1.82) is 0 Å². The Morgan fingerprint density at radius 1 is 1.14 bits per heavy atom. The maximum atomic E-state index is 13.4. The summed E-state index contributed by atoms with van der Waals surface area (Å²) in [5, 5.41) is 2.28. The minimum Gasteiger partial charge on any atom is -0.496 e. The summed E-state index contributed by atoms with van der Waals surface area (Å²) >= 11 is 0. The van der Waals surface area contributed by atoms with E-state index in [4.69, 9.17) is 9.47 Å². The molecule has 8 heteroatoms. The molecular formula is C28H33N3O5. The number of ether oxygens (including phenoxy) is 2. The molecule has 0 radical (unpaired) electrons. The van der Waals surface area contributed by atoms with Crippen molar-refractivity contribution in [2.45, 2.75) is 52.5 Å². The Morgan fingerprint density at radius 3 is 2.56 bits per heavy atom. The zero-order chi connectivity index (χ0) is 26.2. The number of rotatable bonds is 6. The molecule has 4 amide bonds. The molecular weight excluding hydrogens is 458 g/mol. The maximum absolute atomic E-state index is 13.4. The first-order valence-corrected chi connectivity index (χ1v) is 12.2. The fourth-order valence-electron chi connectivity index (χ4n) is 5.34. The molecule has 2 heterocycles. The van der Waals surface area contributed by atoms with E-state index < -0.39 is 17.8 Å². The molecule has 8 nitrogen and oxygen atoms in total. The quantitative estimate of drug-likeness (QED) is 0.458. The first-order chi connectivity index (χ1) is 17.1. The molecule has 0 spiro atoms. The Kier molecular flexibility index (Phi) is 6.80. The van der Waals surface area contributed by atoms with Crippen molar-refractivity contribution >= 4 is 35.3 Å². The highest BCUT2D eigenvalue weighted by atomic mass is 16.5. The molecule has 1 fully saturated rings. The van der Waals surface area contributed by atoms with E-state index in [2.05, 4.69) is 37.9 Å². The highest BCUT2D eigenvalue weighted by Crippen LogP contribution is 2.46. The molecule has 2 aromatic carbocycles. The number of anilines is 2. The third kappa shape index (κ3) is 4.43. The van der Waals surface area contributed by atoms with E-state index in [1.807, 2.05) is 19.1 Å². The lowest BCUT2D eigenvalue weighted by Gasteiger charge is -2.47. The molecule has 2 aliphatic heterocycles. The van der Waals surface area contributed by atoms with Crippen molar-refractivity contribution < 1.29 is 23.9 Å². The first-order valence-electron chi connectivity index (χ1n) is 12.2. The third-order valence-electron chi connectivity index (χ3n) is 6.84. The van der Waals surface area contributed by atoms with Gasteiger partial charge in [0.25, 0.3) is 11.8 Å². The maximum Gasteiger partial charge on any atom is 0.335 e. The van der Waals surface area contributed by atoms with E-state index >= 15 is 0 Å². The lowest BCUT2D eigenvalue weighted by atomic mass is 9.79. The summed E-state index contributed by atoms with van der Waals surface area (Å²) in [6.07, 6.45) is 2.47. The second kappa shape index (κ2) is 9.68. The van der Waals surface area contributed by atoms with E-state index in [1.54, 1.807) is 31.4 Å². The Morgan fingerprint density at radius 2 is 1.89 bits per heavy atom. The van der Waals surface area contributed by atoms with Gasteiger partial charge in [-0.3, -0.25) is 14.9 Å². The zero-order valence-electron chi connectivity index (χ0n) is 21.7. The van der Waals surface area contributed by atoms with Gasteiger partial charge >= 0.3 is 6.03 Å². The molecule has 1 saturated heterocycles. The number of fused-ring (bicyclic) bond motifs is 1. The summed E-state index contributed by atoms with van der Waals surface area (Å²) < 4.78 is 11.2. The van der Waals surface area contributed by atoms with Crippen LogP contribution in [0.1, 0.15) is 58.1 Å². The molecule has 0 aromatic heterocycles. The van der Waals surface area contributed by atoms with Crippen molar-refractivity contribution in [3.05, 3.63) is 53.1 Å². The molecule has 0 bridgehead atoms. The van der Waals surface area contributed by atoms with Crippen molar-refractivity contribution in [3.63, 3.8) is 0 Å². The summed E-state index contributed by atoms with van der Waals surface area (Å²) in [5.74, 6) is -0.109. The van der Waals surface area contributed by atoms with Gasteiger partial charge in [-0.15, -0.1) is 0 Å². The topological polar surface area (TPSA) is 88.2 Å². The number of hydrogen-bond donors (Lipinski definition) is 1. The molecule has 1 N–H and O–H groups in total. The van der Waals surface area contributed by atoms with Gasteiger partial charge in [0.2, 0.25) is 0 Å². The number of hydrogen-bond acceptors (Lipinski definition) is 6. The lowest BCUT2D eigenvalue weighted by molar-refractivity contribution is -0.122. The van der Waals surface area contributed by atoms with E-state index in [9.17, 15) is 14.4 Å². The zero-order valence-corrected chi connectivity index (χ0v) is 21.7. The molecule has 36 heavy (non-hydrogen) atoms. The largest absolute Gasteiger partial charge is 0.496 e. The van der Waals surface area contributed by atoms with Crippen molar-refractivity contribution in [1.82, 2.24) is 5.32 Å². The number of benzene rings is 2. The number of imide groups is 2. The monoisotopic (exact) mass is 491 g/mol. The Labute approximate surface area is 211 Å². The van der Waals surface area contributed by atoms with Gasteiger partial charge in [-0.2, -0.15) is 0 Å². The van der Waals surface area contributed by atoms with Crippen LogP contribution in [0.3, 0.4) is 0 Å². The molecule has 2 aliphatic rings. The van der Waals surface area contributed by atoms with Crippen LogP contribution in [0.15, 0.2) is 42.0 Å². The SMILES string of the molecule is CCOc1cccc(N2C(=O)NC(=O)/C(=C/c3cc4c(cc3OC)N(CC)C(C)(C)CC4C)C2=O)c1. The number of barbiturate groups is 1. The van der Waals surface area contributed by atoms with Crippen LogP contribution in [0.2, 0.25) is 0 Å². The Balaban J connectivity index is 1.79. The average Bonchev–Trinajstić information content (AvgIpc) is 2.81. The second-order valence-electron chi connectivity index (χ2n) is 9.70. The summed E-state index contributed by atoms with van der Waals surface area (Å²) in [7, 11) is 1.56. The molecule has 4 rings (SSSR count). The fourth-order valence-corrected chi connectivity index (χ4v) is 5.34. The predicted molar refractivity (Wildman–Crippen MR) is 140 cm³/mol. The fraction of sp³-hybridized carbons (Fsp3) is 0.393.